The molecule has 0 bridgehead atoms. The minimum atomic E-state index is 0.353. The van der Waals surface area contributed by atoms with Crippen molar-refractivity contribution >= 4 is 38.6 Å². The molecule has 3 nitrogen and oxygen atoms in total. The number of ether oxygens (including phenoxy) is 1. The number of aromatic nitrogens is 2. The van der Waals surface area contributed by atoms with Crippen LogP contribution in [0.25, 0.3) is 16.7 Å². The average Bonchev–Trinajstić information content (AvgIpc) is 2.87. The lowest BCUT2D eigenvalue weighted by Crippen LogP contribution is -2.00. The van der Waals surface area contributed by atoms with Crippen molar-refractivity contribution in [1.29, 1.82) is 0 Å². The molecule has 0 unspecified atom stereocenters. The third kappa shape index (κ3) is 2.54. The number of halogens is 2. The van der Waals surface area contributed by atoms with Gasteiger partial charge in [-0.1, -0.05) is 15.9 Å². The highest BCUT2D eigenvalue weighted by Gasteiger charge is 2.13. The largest absolute Gasteiger partial charge is 0.497 e. The minimum absolute atomic E-state index is 0.353. The van der Waals surface area contributed by atoms with Crippen molar-refractivity contribution in [2.75, 3.05) is 7.11 Å². The Morgan fingerprint density at radius 3 is 2.71 bits per heavy atom. The van der Waals surface area contributed by atoms with E-state index in [1.54, 1.807) is 7.11 Å². The van der Waals surface area contributed by atoms with Crippen LogP contribution < -0.4 is 4.74 Å². The van der Waals surface area contributed by atoms with E-state index < -0.39 is 0 Å². The number of nitrogens with zero attached hydrogens (tertiary/aromatic N) is 2. The van der Waals surface area contributed by atoms with E-state index in [4.69, 9.17) is 16.3 Å². The molecule has 0 spiro atoms. The van der Waals surface area contributed by atoms with E-state index in [0.717, 1.165) is 38.3 Å². The highest BCUT2D eigenvalue weighted by atomic mass is 79.9. The Hall–Kier alpha value is -1.52. The lowest BCUT2D eigenvalue weighted by molar-refractivity contribution is 0.415. The molecule has 0 amide bonds. The zero-order chi connectivity index (χ0) is 15.0. The summed E-state index contributed by atoms with van der Waals surface area (Å²) in [6.07, 6.45) is 0. The third-order valence-corrected chi connectivity index (χ3v) is 4.58. The van der Waals surface area contributed by atoms with Crippen LogP contribution in [0, 0.1) is 6.92 Å². The molecule has 2 aromatic carbocycles. The zero-order valence-corrected chi connectivity index (χ0v) is 14.1. The lowest BCUT2D eigenvalue weighted by atomic mass is 10.2. The quantitative estimate of drug-likeness (QED) is 0.621. The number of hydrogen-bond acceptors (Lipinski definition) is 2. The number of aryl methyl sites for hydroxylation is 1. The molecule has 0 aliphatic rings. The fourth-order valence-corrected chi connectivity index (χ4v) is 2.80. The van der Waals surface area contributed by atoms with E-state index in [1.165, 1.54) is 0 Å². The van der Waals surface area contributed by atoms with Gasteiger partial charge in [0.25, 0.3) is 0 Å². The van der Waals surface area contributed by atoms with Crippen molar-refractivity contribution in [3.63, 3.8) is 0 Å². The number of alkyl halides is 1. The van der Waals surface area contributed by atoms with E-state index >= 15 is 0 Å². The molecular formula is C16H14BrClN2O. The van der Waals surface area contributed by atoms with Gasteiger partial charge >= 0.3 is 0 Å². The van der Waals surface area contributed by atoms with Crippen molar-refractivity contribution in [2.24, 2.45) is 0 Å². The summed E-state index contributed by atoms with van der Waals surface area (Å²) in [4.78, 5) is 4.60. The van der Waals surface area contributed by atoms with Crippen LogP contribution in [-0.2, 0) is 5.88 Å². The number of rotatable bonds is 3. The molecule has 0 N–H and O–H groups in total. The topological polar surface area (TPSA) is 27.1 Å². The molecule has 0 aliphatic heterocycles. The molecule has 3 rings (SSSR count). The van der Waals surface area contributed by atoms with E-state index in [-0.39, 0.29) is 0 Å². The summed E-state index contributed by atoms with van der Waals surface area (Å²) in [6.45, 7) is 2.06. The third-order valence-electron chi connectivity index (χ3n) is 3.45. The van der Waals surface area contributed by atoms with Gasteiger partial charge in [0.15, 0.2) is 0 Å². The molecule has 21 heavy (non-hydrogen) atoms. The van der Waals surface area contributed by atoms with Crippen LogP contribution in [0.5, 0.6) is 5.75 Å². The van der Waals surface area contributed by atoms with Gasteiger partial charge < -0.3 is 4.74 Å². The van der Waals surface area contributed by atoms with Gasteiger partial charge in [-0.3, -0.25) is 4.57 Å². The van der Waals surface area contributed by atoms with Crippen molar-refractivity contribution in [3.8, 4) is 11.4 Å². The summed E-state index contributed by atoms with van der Waals surface area (Å²) >= 11 is 9.60. The number of methoxy groups -OCH3 is 1. The number of benzene rings is 2. The zero-order valence-electron chi connectivity index (χ0n) is 11.7. The molecule has 0 aliphatic carbocycles. The highest BCUT2D eigenvalue weighted by Crippen LogP contribution is 2.28. The average molecular weight is 366 g/mol. The first-order valence-electron chi connectivity index (χ1n) is 6.52. The van der Waals surface area contributed by atoms with Gasteiger partial charge in [-0.2, -0.15) is 0 Å². The normalized spacial score (nSPS) is 11.0. The Morgan fingerprint density at radius 2 is 2.05 bits per heavy atom. The monoisotopic (exact) mass is 364 g/mol. The number of fused-ring (bicyclic) bond motifs is 1. The molecule has 108 valence electrons. The van der Waals surface area contributed by atoms with Crippen LogP contribution in [-0.4, -0.2) is 16.7 Å². The Bertz CT molecular complexity index is 813. The SMILES string of the molecule is COc1ccc2nc(CCl)n(-c3ccc(Br)c(C)c3)c2c1. The number of imidazole rings is 1. The molecule has 5 heteroatoms. The van der Waals surface area contributed by atoms with Gasteiger partial charge in [0.1, 0.15) is 11.6 Å². The van der Waals surface area contributed by atoms with Crippen LogP contribution in [0.3, 0.4) is 0 Å². The fourth-order valence-electron chi connectivity index (χ4n) is 2.38. The molecule has 0 saturated carbocycles. The fraction of sp³-hybridized carbons (Fsp3) is 0.188. The number of hydrogen-bond donors (Lipinski definition) is 0. The molecule has 0 radical (unpaired) electrons. The van der Waals surface area contributed by atoms with Crippen molar-refractivity contribution in [1.82, 2.24) is 9.55 Å². The summed E-state index contributed by atoms with van der Waals surface area (Å²) in [5.74, 6) is 1.98. The van der Waals surface area contributed by atoms with Crippen molar-refractivity contribution in [2.45, 2.75) is 12.8 Å². The first kappa shape index (κ1) is 14.4. The first-order chi connectivity index (χ1) is 10.1. The molecule has 0 atom stereocenters. The van der Waals surface area contributed by atoms with E-state index in [0.29, 0.717) is 5.88 Å². The molecular weight excluding hydrogens is 352 g/mol. The Morgan fingerprint density at radius 1 is 1.24 bits per heavy atom. The van der Waals surface area contributed by atoms with E-state index in [1.807, 2.05) is 30.3 Å². The minimum Gasteiger partial charge on any atom is -0.497 e. The Labute approximate surface area is 136 Å². The second kappa shape index (κ2) is 5.70. The second-order valence-corrected chi connectivity index (χ2v) is 5.91. The molecule has 1 aromatic heterocycles. The smallest absolute Gasteiger partial charge is 0.129 e. The molecule has 0 fully saturated rings. The summed E-state index contributed by atoms with van der Waals surface area (Å²) in [6, 6.07) is 12.0. The Balaban J connectivity index is 2.30. The first-order valence-corrected chi connectivity index (χ1v) is 7.84. The van der Waals surface area contributed by atoms with Crippen molar-refractivity contribution in [3.05, 3.63) is 52.3 Å². The van der Waals surface area contributed by atoms with Crippen LogP contribution in [0.15, 0.2) is 40.9 Å². The molecule has 0 saturated heterocycles. The van der Waals surface area contributed by atoms with Crippen LogP contribution in [0.4, 0.5) is 0 Å². The predicted molar refractivity (Wildman–Crippen MR) is 89.6 cm³/mol. The van der Waals surface area contributed by atoms with Gasteiger partial charge in [0.2, 0.25) is 0 Å². The summed E-state index contributed by atoms with van der Waals surface area (Å²) in [5, 5.41) is 0. The van der Waals surface area contributed by atoms with Crippen molar-refractivity contribution < 1.29 is 4.74 Å². The maximum absolute atomic E-state index is 6.07. The standard InChI is InChI=1S/C16H14BrClN2O/c1-10-7-11(3-5-13(10)17)20-15-8-12(21-2)4-6-14(15)19-16(20)9-18/h3-8H,9H2,1-2H3. The maximum atomic E-state index is 6.07. The second-order valence-electron chi connectivity index (χ2n) is 4.79. The Kier molecular flexibility index (Phi) is 3.91. The maximum Gasteiger partial charge on any atom is 0.129 e. The summed E-state index contributed by atoms with van der Waals surface area (Å²) < 4.78 is 8.47. The van der Waals surface area contributed by atoms with Gasteiger partial charge in [-0.15, -0.1) is 11.6 Å². The van der Waals surface area contributed by atoms with Gasteiger partial charge in [0.05, 0.1) is 24.0 Å². The summed E-state index contributed by atoms with van der Waals surface area (Å²) in [7, 11) is 1.66. The van der Waals surface area contributed by atoms with Gasteiger partial charge in [-0.05, 0) is 42.8 Å². The van der Waals surface area contributed by atoms with Crippen LogP contribution >= 0.6 is 27.5 Å². The van der Waals surface area contributed by atoms with E-state index in [2.05, 4.69) is 38.5 Å². The highest BCUT2D eigenvalue weighted by molar-refractivity contribution is 9.10. The van der Waals surface area contributed by atoms with Crippen LogP contribution in [0.1, 0.15) is 11.4 Å². The van der Waals surface area contributed by atoms with Gasteiger partial charge in [0, 0.05) is 16.2 Å². The summed E-state index contributed by atoms with van der Waals surface area (Å²) in [5.41, 5.74) is 4.11. The molecule has 1 heterocycles. The predicted octanol–water partition coefficient (Wildman–Crippen LogP) is 4.84. The van der Waals surface area contributed by atoms with Crippen LogP contribution in [0.2, 0.25) is 0 Å². The lowest BCUT2D eigenvalue weighted by Gasteiger charge is -2.10. The van der Waals surface area contributed by atoms with Gasteiger partial charge in [-0.25, -0.2) is 4.98 Å². The molecule has 3 aromatic rings. The van der Waals surface area contributed by atoms with E-state index in [9.17, 15) is 0 Å².